The van der Waals surface area contributed by atoms with Gasteiger partial charge < -0.3 is 20.7 Å². The Morgan fingerprint density at radius 3 is 2.50 bits per heavy atom. The van der Waals surface area contributed by atoms with Crippen molar-refractivity contribution >= 4 is 35.2 Å². The second-order valence-electron chi connectivity index (χ2n) is 7.93. The maximum Gasteiger partial charge on any atom is 0.338 e. The van der Waals surface area contributed by atoms with Gasteiger partial charge in [-0.1, -0.05) is 48.9 Å². The Hall–Kier alpha value is -3.36. The molecule has 3 rings (SSSR count). The largest absolute Gasteiger partial charge is 0.463 e. The fourth-order valence-corrected chi connectivity index (χ4v) is 3.94. The van der Waals surface area contributed by atoms with Gasteiger partial charge >= 0.3 is 12.0 Å². The summed E-state index contributed by atoms with van der Waals surface area (Å²) in [6.45, 7) is 4.15. The first-order chi connectivity index (χ1) is 16.3. The zero-order valence-electron chi connectivity index (χ0n) is 19.5. The molecular formula is C25H29ClN4O4. The van der Waals surface area contributed by atoms with Crippen LogP contribution < -0.4 is 16.0 Å². The molecule has 2 aromatic rings. The van der Waals surface area contributed by atoms with Crippen LogP contribution in [0.25, 0.3) is 0 Å². The zero-order chi connectivity index (χ0) is 24.7. The van der Waals surface area contributed by atoms with Gasteiger partial charge in [-0.25, -0.2) is 9.59 Å². The van der Waals surface area contributed by atoms with E-state index >= 15 is 0 Å². The average Bonchev–Trinajstić information content (AvgIpc) is 2.79. The molecule has 1 aliphatic heterocycles. The zero-order valence-corrected chi connectivity index (χ0v) is 20.2. The molecule has 0 bridgehead atoms. The molecule has 0 aliphatic carbocycles. The molecule has 1 atom stereocenters. The molecule has 8 nitrogen and oxygen atoms in total. The number of para-hydroxylation sites is 1. The van der Waals surface area contributed by atoms with Crippen LogP contribution in [0.1, 0.15) is 31.0 Å². The number of carbonyl (C=O) groups is 3. The Morgan fingerprint density at radius 1 is 1.12 bits per heavy atom. The van der Waals surface area contributed by atoms with Crippen LogP contribution >= 0.6 is 11.6 Å². The van der Waals surface area contributed by atoms with Crippen LogP contribution in [0.2, 0.25) is 5.02 Å². The predicted octanol–water partition coefficient (Wildman–Crippen LogP) is 3.64. The molecule has 0 fully saturated rings. The highest BCUT2D eigenvalue weighted by atomic mass is 35.5. The summed E-state index contributed by atoms with van der Waals surface area (Å²) in [4.78, 5) is 39.7. The highest BCUT2D eigenvalue weighted by Gasteiger charge is 2.34. The van der Waals surface area contributed by atoms with E-state index in [0.29, 0.717) is 16.3 Å². The maximum absolute atomic E-state index is 12.9. The third-order valence-corrected chi connectivity index (χ3v) is 5.62. The summed E-state index contributed by atoms with van der Waals surface area (Å²) in [5.41, 5.74) is 3.17. The smallest absolute Gasteiger partial charge is 0.338 e. The quantitative estimate of drug-likeness (QED) is 0.472. The number of aryl methyl sites for hydroxylation is 1. The van der Waals surface area contributed by atoms with Crippen molar-refractivity contribution in [3.8, 4) is 0 Å². The van der Waals surface area contributed by atoms with Crippen LogP contribution in [0.4, 0.5) is 10.5 Å². The van der Waals surface area contributed by atoms with Gasteiger partial charge in [-0.15, -0.1) is 0 Å². The van der Waals surface area contributed by atoms with Crippen molar-refractivity contribution in [2.45, 2.75) is 26.3 Å². The van der Waals surface area contributed by atoms with E-state index in [1.54, 1.807) is 43.1 Å². The van der Waals surface area contributed by atoms with Crippen LogP contribution in [0.15, 0.2) is 59.8 Å². The van der Waals surface area contributed by atoms with Gasteiger partial charge in [-0.2, -0.15) is 0 Å². The van der Waals surface area contributed by atoms with E-state index in [2.05, 4.69) is 16.0 Å². The molecule has 1 aliphatic rings. The number of nitrogens with one attached hydrogen (secondary N) is 3. The van der Waals surface area contributed by atoms with Crippen LogP contribution in [0, 0.1) is 0 Å². The third-order valence-electron chi connectivity index (χ3n) is 5.37. The lowest BCUT2D eigenvalue weighted by Crippen LogP contribution is -2.48. The first-order valence-electron chi connectivity index (χ1n) is 11.1. The molecular weight excluding hydrogens is 456 g/mol. The van der Waals surface area contributed by atoms with E-state index in [4.69, 9.17) is 16.3 Å². The number of hydrogen-bond donors (Lipinski definition) is 3. The molecule has 0 aromatic heterocycles. The normalized spacial score (nSPS) is 15.6. The van der Waals surface area contributed by atoms with Crippen molar-refractivity contribution in [1.82, 2.24) is 15.5 Å². The number of likely N-dealkylation sites (N-methyl/N-ethyl adjacent to an activating group) is 1. The first-order valence-corrected chi connectivity index (χ1v) is 11.5. The SMILES string of the molecule is CCOC(=O)C1=C(CN(C)CC(=O)Nc2ccccc2CC)NC(=O)NC1c1ccc(Cl)cc1. The number of ether oxygens (including phenoxy) is 1. The van der Waals surface area contributed by atoms with Crippen molar-refractivity contribution in [3.05, 3.63) is 76.0 Å². The Kier molecular flexibility index (Phi) is 8.67. The third kappa shape index (κ3) is 6.36. The number of carbonyl (C=O) groups excluding carboxylic acids is 3. The van der Waals surface area contributed by atoms with Gasteiger partial charge in [0.05, 0.1) is 24.8 Å². The van der Waals surface area contributed by atoms with Crippen molar-refractivity contribution in [3.63, 3.8) is 0 Å². The number of benzene rings is 2. The molecule has 34 heavy (non-hydrogen) atoms. The van der Waals surface area contributed by atoms with Gasteiger partial charge in [0.2, 0.25) is 5.91 Å². The molecule has 2 aromatic carbocycles. The van der Waals surface area contributed by atoms with E-state index < -0.39 is 18.0 Å². The number of hydrogen-bond acceptors (Lipinski definition) is 5. The number of halogens is 1. The monoisotopic (exact) mass is 484 g/mol. The second kappa shape index (κ2) is 11.7. The van der Waals surface area contributed by atoms with E-state index in [1.165, 1.54) is 0 Å². The van der Waals surface area contributed by atoms with Crippen molar-refractivity contribution in [1.29, 1.82) is 0 Å². The Labute approximate surface area is 204 Å². The summed E-state index contributed by atoms with van der Waals surface area (Å²) in [6, 6.07) is 13.4. The van der Waals surface area contributed by atoms with E-state index in [0.717, 1.165) is 17.7 Å². The topological polar surface area (TPSA) is 99.8 Å². The lowest BCUT2D eigenvalue weighted by Gasteiger charge is -2.31. The van der Waals surface area contributed by atoms with Gasteiger partial charge in [-0.05, 0) is 49.7 Å². The van der Waals surface area contributed by atoms with Crippen LogP contribution in [-0.4, -0.2) is 49.6 Å². The fraction of sp³-hybridized carbons (Fsp3) is 0.320. The number of amides is 3. The number of urea groups is 1. The van der Waals surface area contributed by atoms with Gasteiger partial charge in [-0.3, -0.25) is 9.69 Å². The molecule has 0 saturated heterocycles. The predicted molar refractivity (Wildman–Crippen MR) is 131 cm³/mol. The Morgan fingerprint density at radius 2 is 1.82 bits per heavy atom. The number of anilines is 1. The van der Waals surface area contributed by atoms with E-state index in [9.17, 15) is 14.4 Å². The van der Waals surface area contributed by atoms with Crippen LogP contribution in [-0.2, 0) is 20.7 Å². The summed E-state index contributed by atoms with van der Waals surface area (Å²) >= 11 is 6.00. The van der Waals surface area contributed by atoms with Crippen LogP contribution in [0.3, 0.4) is 0 Å². The van der Waals surface area contributed by atoms with Crippen molar-refractivity contribution in [2.75, 3.05) is 32.1 Å². The molecule has 1 heterocycles. The standard InChI is InChI=1S/C25H29ClN4O4/c1-4-16-8-6-7-9-19(16)27-21(31)15-30(3)14-20-22(24(32)34-5-2)23(29-25(33)28-20)17-10-12-18(26)13-11-17/h6-13,23H,4-5,14-15H2,1-3H3,(H,27,31)(H2,28,29,33). The summed E-state index contributed by atoms with van der Waals surface area (Å²) in [5, 5.41) is 8.97. The summed E-state index contributed by atoms with van der Waals surface area (Å²) < 4.78 is 5.28. The highest BCUT2D eigenvalue weighted by molar-refractivity contribution is 6.30. The minimum absolute atomic E-state index is 0.0621. The minimum Gasteiger partial charge on any atom is -0.463 e. The molecule has 0 saturated carbocycles. The van der Waals surface area contributed by atoms with Crippen molar-refractivity contribution in [2.24, 2.45) is 0 Å². The number of rotatable bonds is 9. The molecule has 1 unspecified atom stereocenters. The molecule has 3 N–H and O–H groups in total. The number of esters is 1. The first kappa shape index (κ1) is 25.3. The van der Waals surface area contributed by atoms with E-state index in [-0.39, 0.29) is 31.2 Å². The Balaban J connectivity index is 1.82. The lowest BCUT2D eigenvalue weighted by atomic mass is 9.95. The maximum atomic E-state index is 12.9. The Bertz CT molecular complexity index is 1080. The molecule has 9 heteroatoms. The summed E-state index contributed by atoms with van der Waals surface area (Å²) in [6.07, 6.45) is 0.799. The summed E-state index contributed by atoms with van der Waals surface area (Å²) in [7, 11) is 1.74. The van der Waals surface area contributed by atoms with Gasteiger partial charge in [0.1, 0.15) is 0 Å². The molecule has 3 amide bonds. The highest BCUT2D eigenvalue weighted by Crippen LogP contribution is 2.29. The van der Waals surface area contributed by atoms with Crippen molar-refractivity contribution < 1.29 is 19.1 Å². The summed E-state index contributed by atoms with van der Waals surface area (Å²) in [5.74, 6) is -0.740. The van der Waals surface area contributed by atoms with Gasteiger partial charge in [0.15, 0.2) is 0 Å². The molecule has 180 valence electrons. The second-order valence-corrected chi connectivity index (χ2v) is 8.36. The van der Waals surface area contributed by atoms with E-state index in [1.807, 2.05) is 31.2 Å². The minimum atomic E-state index is -0.710. The number of nitrogens with zero attached hydrogens (tertiary/aromatic N) is 1. The van der Waals surface area contributed by atoms with Gasteiger partial charge in [0, 0.05) is 23.0 Å². The molecule has 0 spiro atoms. The average molecular weight is 485 g/mol. The fourth-order valence-electron chi connectivity index (χ4n) is 3.81. The lowest BCUT2D eigenvalue weighted by molar-refractivity contribution is -0.139. The van der Waals surface area contributed by atoms with Crippen LogP contribution in [0.5, 0.6) is 0 Å². The molecule has 0 radical (unpaired) electrons. The van der Waals surface area contributed by atoms with Gasteiger partial charge in [0.25, 0.3) is 0 Å².